The molecule has 0 spiro atoms. The van der Waals surface area contributed by atoms with Gasteiger partial charge < -0.3 is 4.74 Å². The minimum Gasteiger partial charge on any atom is -0.449 e. The number of carbonyl (C=O) groups excluding carboxylic acids is 2. The SMILES string of the molecule is O=C1c2cccc3c(Oc4ccccc4[N+](=O)[O-])ccc(c23)C(=O)N1c1ccccc1. The van der Waals surface area contributed by atoms with Crippen molar-refractivity contribution in [1.82, 2.24) is 0 Å². The number of nitro benzene ring substituents is 1. The van der Waals surface area contributed by atoms with E-state index in [0.717, 1.165) is 4.90 Å². The van der Waals surface area contributed by atoms with Crippen LogP contribution in [0.5, 0.6) is 11.5 Å². The number of hydrogen-bond acceptors (Lipinski definition) is 5. The molecule has 0 N–H and O–H groups in total. The summed E-state index contributed by atoms with van der Waals surface area (Å²) in [6, 6.07) is 23.0. The lowest BCUT2D eigenvalue weighted by Crippen LogP contribution is -2.40. The number of amides is 2. The number of para-hydroxylation sites is 3. The van der Waals surface area contributed by atoms with Crippen LogP contribution in [0.4, 0.5) is 11.4 Å². The highest BCUT2D eigenvalue weighted by molar-refractivity contribution is 6.36. The molecule has 4 aromatic rings. The first kappa shape index (κ1) is 18.5. The molecule has 0 saturated carbocycles. The summed E-state index contributed by atoms with van der Waals surface area (Å²) in [5.74, 6) is -0.467. The van der Waals surface area contributed by atoms with Crippen LogP contribution in [0, 0.1) is 10.1 Å². The zero-order valence-electron chi connectivity index (χ0n) is 16.0. The van der Waals surface area contributed by atoms with Gasteiger partial charge in [0.2, 0.25) is 5.75 Å². The van der Waals surface area contributed by atoms with Crippen LogP contribution in [-0.4, -0.2) is 16.7 Å². The lowest BCUT2D eigenvalue weighted by Gasteiger charge is -2.27. The Kier molecular flexibility index (Phi) is 4.22. The summed E-state index contributed by atoms with van der Waals surface area (Å²) in [6.07, 6.45) is 0. The summed E-state index contributed by atoms with van der Waals surface area (Å²) in [6.45, 7) is 0. The maximum Gasteiger partial charge on any atom is 0.311 e. The third-order valence-electron chi connectivity index (χ3n) is 5.16. The number of ether oxygens (including phenoxy) is 1. The van der Waals surface area contributed by atoms with Gasteiger partial charge in [-0.3, -0.25) is 19.7 Å². The molecule has 1 aliphatic rings. The van der Waals surface area contributed by atoms with Gasteiger partial charge >= 0.3 is 5.69 Å². The van der Waals surface area contributed by atoms with E-state index in [2.05, 4.69) is 0 Å². The molecule has 7 nitrogen and oxygen atoms in total. The van der Waals surface area contributed by atoms with Crippen LogP contribution in [0.1, 0.15) is 20.7 Å². The number of nitro groups is 1. The molecular formula is C24H14N2O5. The standard InChI is InChI=1S/C24H14N2O5/c27-23-17-10-6-9-16-20(31-21-12-5-4-11-19(21)26(29)30)14-13-18(22(16)17)24(28)25(23)15-7-2-1-3-8-15/h1-14H. The fourth-order valence-electron chi connectivity index (χ4n) is 3.78. The summed E-state index contributed by atoms with van der Waals surface area (Å²) < 4.78 is 5.87. The molecule has 7 heteroatoms. The van der Waals surface area contributed by atoms with Crippen molar-refractivity contribution in [2.45, 2.75) is 0 Å². The van der Waals surface area contributed by atoms with Crippen molar-refractivity contribution in [1.29, 1.82) is 0 Å². The molecule has 0 fully saturated rings. The molecule has 31 heavy (non-hydrogen) atoms. The van der Waals surface area contributed by atoms with Gasteiger partial charge in [-0.2, -0.15) is 0 Å². The van der Waals surface area contributed by atoms with Crippen molar-refractivity contribution >= 4 is 34.0 Å². The Morgan fingerprint density at radius 1 is 0.710 bits per heavy atom. The van der Waals surface area contributed by atoms with Crippen molar-refractivity contribution in [3.63, 3.8) is 0 Å². The second kappa shape index (κ2) is 7.07. The first-order chi connectivity index (χ1) is 15.1. The van der Waals surface area contributed by atoms with Gasteiger partial charge in [-0.15, -0.1) is 0 Å². The van der Waals surface area contributed by atoms with Crippen LogP contribution in [0.2, 0.25) is 0 Å². The molecule has 0 aliphatic carbocycles. The number of carbonyl (C=O) groups is 2. The minimum atomic E-state index is -0.523. The summed E-state index contributed by atoms with van der Waals surface area (Å²) in [7, 11) is 0. The average Bonchev–Trinajstić information content (AvgIpc) is 2.79. The van der Waals surface area contributed by atoms with E-state index in [1.807, 2.05) is 6.07 Å². The molecule has 5 rings (SSSR count). The first-order valence-corrected chi connectivity index (χ1v) is 9.47. The number of rotatable bonds is 4. The van der Waals surface area contributed by atoms with Crippen LogP contribution >= 0.6 is 0 Å². The minimum absolute atomic E-state index is 0.0765. The maximum absolute atomic E-state index is 13.2. The Hall–Kier alpha value is -4.52. The Morgan fingerprint density at radius 2 is 1.39 bits per heavy atom. The lowest BCUT2D eigenvalue weighted by atomic mass is 9.93. The van der Waals surface area contributed by atoms with E-state index in [9.17, 15) is 19.7 Å². The van der Waals surface area contributed by atoms with Gasteiger partial charge in [0.15, 0.2) is 0 Å². The van der Waals surface area contributed by atoms with Gasteiger partial charge in [0.25, 0.3) is 11.8 Å². The van der Waals surface area contributed by atoms with Gasteiger partial charge in [0.05, 0.1) is 10.6 Å². The second-order valence-electron chi connectivity index (χ2n) is 6.95. The Labute approximate surface area is 176 Å². The normalized spacial score (nSPS) is 12.8. The molecule has 0 saturated heterocycles. The van der Waals surface area contributed by atoms with E-state index in [4.69, 9.17) is 4.74 Å². The smallest absolute Gasteiger partial charge is 0.311 e. The Morgan fingerprint density at radius 3 is 2.13 bits per heavy atom. The fourth-order valence-corrected chi connectivity index (χ4v) is 3.78. The van der Waals surface area contributed by atoms with Crippen molar-refractivity contribution in [3.05, 3.63) is 106 Å². The summed E-state index contributed by atoms with van der Waals surface area (Å²) >= 11 is 0. The molecule has 0 bridgehead atoms. The molecule has 150 valence electrons. The van der Waals surface area contributed by atoms with E-state index >= 15 is 0 Å². The lowest BCUT2D eigenvalue weighted by molar-refractivity contribution is -0.385. The van der Waals surface area contributed by atoms with Crippen LogP contribution in [-0.2, 0) is 0 Å². The van der Waals surface area contributed by atoms with E-state index in [1.54, 1.807) is 66.7 Å². The number of imide groups is 1. The molecule has 4 aromatic carbocycles. The van der Waals surface area contributed by atoms with Crippen molar-refractivity contribution < 1.29 is 19.2 Å². The van der Waals surface area contributed by atoms with E-state index in [-0.39, 0.29) is 11.4 Å². The summed E-state index contributed by atoms with van der Waals surface area (Å²) in [4.78, 5) is 38.4. The third kappa shape index (κ3) is 2.91. The van der Waals surface area contributed by atoms with E-state index in [0.29, 0.717) is 33.3 Å². The molecule has 0 unspecified atom stereocenters. The molecule has 1 heterocycles. The molecule has 2 amide bonds. The first-order valence-electron chi connectivity index (χ1n) is 9.47. The highest BCUT2D eigenvalue weighted by Gasteiger charge is 2.34. The Balaban J connectivity index is 1.66. The van der Waals surface area contributed by atoms with Crippen LogP contribution in [0.15, 0.2) is 84.9 Å². The van der Waals surface area contributed by atoms with Crippen molar-refractivity contribution in [2.75, 3.05) is 4.90 Å². The van der Waals surface area contributed by atoms with Crippen molar-refractivity contribution in [2.24, 2.45) is 0 Å². The zero-order chi connectivity index (χ0) is 21.5. The molecule has 0 aromatic heterocycles. The van der Waals surface area contributed by atoms with E-state index < -0.39 is 16.7 Å². The van der Waals surface area contributed by atoms with Crippen LogP contribution in [0.3, 0.4) is 0 Å². The number of benzene rings is 4. The summed E-state index contributed by atoms with van der Waals surface area (Å²) in [5, 5.41) is 12.3. The molecule has 0 radical (unpaired) electrons. The second-order valence-corrected chi connectivity index (χ2v) is 6.95. The predicted molar refractivity (Wildman–Crippen MR) is 115 cm³/mol. The monoisotopic (exact) mass is 410 g/mol. The molecule has 0 atom stereocenters. The number of hydrogen-bond donors (Lipinski definition) is 0. The zero-order valence-corrected chi connectivity index (χ0v) is 16.0. The van der Waals surface area contributed by atoms with Crippen LogP contribution in [0.25, 0.3) is 10.8 Å². The quantitative estimate of drug-likeness (QED) is 0.257. The van der Waals surface area contributed by atoms with Gasteiger partial charge in [0.1, 0.15) is 5.75 Å². The third-order valence-corrected chi connectivity index (χ3v) is 5.16. The largest absolute Gasteiger partial charge is 0.449 e. The topological polar surface area (TPSA) is 89.7 Å². The Bertz CT molecular complexity index is 1360. The average molecular weight is 410 g/mol. The predicted octanol–water partition coefficient (Wildman–Crippen LogP) is 5.34. The van der Waals surface area contributed by atoms with Gasteiger partial charge in [0, 0.05) is 28.0 Å². The molecular weight excluding hydrogens is 396 g/mol. The highest BCUT2D eigenvalue weighted by Crippen LogP contribution is 2.40. The fraction of sp³-hybridized carbons (Fsp3) is 0. The maximum atomic E-state index is 13.2. The summed E-state index contributed by atoms with van der Waals surface area (Å²) in [5.41, 5.74) is 1.04. The number of nitrogens with zero attached hydrogens (tertiary/aromatic N) is 2. The number of anilines is 1. The highest BCUT2D eigenvalue weighted by atomic mass is 16.6. The van der Waals surface area contributed by atoms with Crippen LogP contribution < -0.4 is 9.64 Å². The van der Waals surface area contributed by atoms with E-state index in [1.165, 1.54) is 12.1 Å². The van der Waals surface area contributed by atoms with Gasteiger partial charge in [-0.1, -0.05) is 42.5 Å². The van der Waals surface area contributed by atoms with Gasteiger partial charge in [-0.25, -0.2) is 4.90 Å². The van der Waals surface area contributed by atoms with Crippen molar-refractivity contribution in [3.8, 4) is 11.5 Å². The van der Waals surface area contributed by atoms with Gasteiger partial charge in [-0.05, 0) is 36.4 Å². The molecule has 1 aliphatic heterocycles.